The second-order valence-electron chi connectivity index (χ2n) is 4.74. The number of pyridine rings is 1. The van der Waals surface area contributed by atoms with Crippen LogP contribution in [0.3, 0.4) is 0 Å². The van der Waals surface area contributed by atoms with Gasteiger partial charge in [-0.2, -0.15) is 0 Å². The van der Waals surface area contributed by atoms with Crippen LogP contribution in [0.4, 0.5) is 5.82 Å². The molecule has 5 nitrogen and oxygen atoms in total. The minimum Gasteiger partial charge on any atom is -0.366 e. The van der Waals surface area contributed by atoms with Crippen LogP contribution in [-0.2, 0) is 0 Å². The molecular weight excluding hydrogens is 260 g/mol. The molecule has 2 aromatic rings. The molecule has 3 rings (SSSR count). The van der Waals surface area contributed by atoms with Gasteiger partial charge in [0, 0.05) is 24.2 Å². The Hall–Kier alpha value is -1.66. The molecule has 3 heterocycles. The van der Waals surface area contributed by atoms with E-state index in [1.165, 1.54) is 17.8 Å². The fraction of sp³-hybridized carbons (Fsp3) is 0.385. The van der Waals surface area contributed by atoms with Gasteiger partial charge in [-0.1, -0.05) is 0 Å². The van der Waals surface area contributed by atoms with Crippen molar-refractivity contribution in [2.75, 3.05) is 18.4 Å². The van der Waals surface area contributed by atoms with Gasteiger partial charge in [0.2, 0.25) is 0 Å². The van der Waals surface area contributed by atoms with Crippen LogP contribution in [-0.4, -0.2) is 30.0 Å². The molecule has 0 unspecified atom stereocenters. The summed E-state index contributed by atoms with van der Waals surface area (Å²) in [5.74, 6) is 0.417. The Morgan fingerprint density at radius 1 is 1.58 bits per heavy atom. The highest BCUT2D eigenvalue weighted by molar-refractivity contribution is 7.17. The predicted molar refractivity (Wildman–Crippen MR) is 77.7 cm³/mol. The van der Waals surface area contributed by atoms with Crippen LogP contribution in [0.25, 0.3) is 10.1 Å². The first kappa shape index (κ1) is 12.4. The molecule has 2 aromatic heterocycles. The lowest BCUT2D eigenvalue weighted by atomic mass is 10.1. The molecule has 0 aliphatic carbocycles. The fourth-order valence-corrected chi connectivity index (χ4v) is 3.33. The highest BCUT2D eigenvalue weighted by atomic mass is 32.1. The Morgan fingerprint density at radius 3 is 3.21 bits per heavy atom. The van der Waals surface area contributed by atoms with Crippen molar-refractivity contribution in [2.45, 2.75) is 18.9 Å². The highest BCUT2D eigenvalue weighted by Gasteiger charge is 2.17. The van der Waals surface area contributed by atoms with Crippen molar-refractivity contribution >= 4 is 33.1 Å². The molecular formula is C13H16N4OS. The Morgan fingerprint density at radius 2 is 2.47 bits per heavy atom. The first-order chi connectivity index (χ1) is 9.25. The summed E-state index contributed by atoms with van der Waals surface area (Å²) in [7, 11) is 0. The number of hydrogen-bond donors (Lipinski definition) is 3. The molecule has 100 valence electrons. The third kappa shape index (κ3) is 2.41. The van der Waals surface area contributed by atoms with Gasteiger partial charge < -0.3 is 16.4 Å². The lowest BCUT2D eigenvalue weighted by molar-refractivity contribution is 0.100. The number of primary amides is 1. The van der Waals surface area contributed by atoms with Gasteiger partial charge >= 0.3 is 0 Å². The molecule has 1 amide bonds. The van der Waals surface area contributed by atoms with Crippen molar-refractivity contribution in [3.8, 4) is 0 Å². The maximum absolute atomic E-state index is 11.4. The van der Waals surface area contributed by atoms with Crippen molar-refractivity contribution in [3.05, 3.63) is 23.2 Å². The van der Waals surface area contributed by atoms with Crippen LogP contribution < -0.4 is 16.4 Å². The lowest BCUT2D eigenvalue weighted by Gasteiger charge is -2.24. The second kappa shape index (κ2) is 5.14. The van der Waals surface area contributed by atoms with E-state index in [2.05, 4.69) is 15.6 Å². The third-order valence-corrected chi connectivity index (χ3v) is 4.34. The first-order valence-corrected chi connectivity index (χ1v) is 7.27. The Kier molecular flexibility index (Phi) is 3.35. The van der Waals surface area contributed by atoms with Gasteiger partial charge in [0.25, 0.3) is 5.91 Å². The summed E-state index contributed by atoms with van der Waals surface area (Å²) in [5, 5.41) is 9.76. The predicted octanol–water partition coefficient (Wildman–Crippen LogP) is 1.56. The molecule has 1 aliphatic rings. The minimum atomic E-state index is -0.425. The topological polar surface area (TPSA) is 80.0 Å². The quantitative estimate of drug-likeness (QED) is 0.795. The number of hydrogen-bond acceptors (Lipinski definition) is 5. The van der Waals surface area contributed by atoms with E-state index >= 15 is 0 Å². The summed E-state index contributed by atoms with van der Waals surface area (Å²) in [6, 6.07) is 2.38. The number of carbonyl (C=O) groups is 1. The molecule has 0 bridgehead atoms. The van der Waals surface area contributed by atoms with Gasteiger partial charge in [0.1, 0.15) is 5.82 Å². The number of aromatic nitrogens is 1. The standard InChI is InChI=1S/C13H16N4OS/c14-12(18)10-7-16-13(9-3-5-19-11(9)10)17-8-2-1-4-15-6-8/h3,5,7-8,15H,1-2,4,6H2,(H2,14,18)(H,16,17)/t8-/m0/s1. The van der Waals surface area contributed by atoms with E-state index < -0.39 is 5.91 Å². The van der Waals surface area contributed by atoms with Gasteiger partial charge in [-0.25, -0.2) is 4.98 Å². The summed E-state index contributed by atoms with van der Waals surface area (Å²) in [5.41, 5.74) is 5.87. The summed E-state index contributed by atoms with van der Waals surface area (Å²) in [6.45, 7) is 2.03. The SMILES string of the molecule is NC(=O)c1cnc(N[C@H]2CCCNC2)c2ccsc12. The zero-order valence-electron chi connectivity index (χ0n) is 10.5. The Bertz CT molecular complexity index is 604. The van der Waals surface area contributed by atoms with Gasteiger partial charge in [-0.3, -0.25) is 4.79 Å². The van der Waals surface area contributed by atoms with E-state index in [-0.39, 0.29) is 0 Å². The maximum Gasteiger partial charge on any atom is 0.251 e. The molecule has 0 saturated carbocycles. The van der Waals surface area contributed by atoms with Crippen molar-refractivity contribution in [2.24, 2.45) is 5.73 Å². The zero-order valence-corrected chi connectivity index (χ0v) is 11.3. The van der Waals surface area contributed by atoms with Gasteiger partial charge in [-0.05, 0) is 30.8 Å². The summed E-state index contributed by atoms with van der Waals surface area (Å²) in [4.78, 5) is 15.7. The van der Waals surface area contributed by atoms with Crippen molar-refractivity contribution < 1.29 is 4.79 Å². The summed E-state index contributed by atoms with van der Waals surface area (Å²) >= 11 is 1.52. The molecule has 6 heteroatoms. The van der Waals surface area contributed by atoms with Gasteiger partial charge in [-0.15, -0.1) is 11.3 Å². The Labute approximate surface area is 115 Å². The van der Waals surface area contributed by atoms with Crippen LogP contribution in [0.1, 0.15) is 23.2 Å². The van der Waals surface area contributed by atoms with Crippen LogP contribution in [0.2, 0.25) is 0 Å². The van der Waals surface area contributed by atoms with Crippen LogP contribution >= 0.6 is 11.3 Å². The maximum atomic E-state index is 11.4. The number of nitrogens with one attached hydrogen (secondary N) is 2. The molecule has 0 radical (unpaired) electrons. The number of nitrogens with two attached hydrogens (primary N) is 1. The average molecular weight is 276 g/mol. The molecule has 1 aliphatic heterocycles. The van der Waals surface area contributed by atoms with E-state index in [0.717, 1.165) is 35.4 Å². The van der Waals surface area contributed by atoms with Crippen LogP contribution in [0.5, 0.6) is 0 Å². The molecule has 0 aromatic carbocycles. The van der Waals surface area contributed by atoms with Gasteiger partial charge in [0.05, 0.1) is 10.3 Å². The molecule has 1 atom stereocenters. The van der Waals surface area contributed by atoms with Crippen molar-refractivity contribution in [3.63, 3.8) is 0 Å². The smallest absolute Gasteiger partial charge is 0.251 e. The molecule has 0 spiro atoms. The number of fused-ring (bicyclic) bond motifs is 1. The molecule has 1 saturated heterocycles. The number of piperidine rings is 1. The number of amides is 1. The minimum absolute atomic E-state index is 0.392. The van der Waals surface area contributed by atoms with E-state index in [1.807, 2.05) is 11.4 Å². The fourth-order valence-electron chi connectivity index (χ4n) is 2.42. The van der Waals surface area contributed by atoms with Crippen molar-refractivity contribution in [1.29, 1.82) is 0 Å². The van der Waals surface area contributed by atoms with E-state index in [0.29, 0.717) is 11.6 Å². The van der Waals surface area contributed by atoms with Crippen LogP contribution in [0, 0.1) is 0 Å². The molecule has 1 fully saturated rings. The van der Waals surface area contributed by atoms with Crippen LogP contribution in [0.15, 0.2) is 17.6 Å². The summed E-state index contributed by atoms with van der Waals surface area (Å²) in [6.07, 6.45) is 3.88. The van der Waals surface area contributed by atoms with E-state index in [4.69, 9.17) is 5.73 Å². The van der Waals surface area contributed by atoms with Crippen molar-refractivity contribution in [1.82, 2.24) is 10.3 Å². The normalized spacial score (nSPS) is 19.5. The first-order valence-electron chi connectivity index (χ1n) is 6.39. The number of carbonyl (C=O) groups excluding carboxylic acids is 1. The molecule has 4 N–H and O–H groups in total. The second-order valence-corrected chi connectivity index (χ2v) is 5.65. The number of anilines is 1. The average Bonchev–Trinajstić information content (AvgIpc) is 2.89. The lowest BCUT2D eigenvalue weighted by Crippen LogP contribution is -2.38. The monoisotopic (exact) mass is 276 g/mol. The Balaban J connectivity index is 1.93. The van der Waals surface area contributed by atoms with Gasteiger partial charge in [0.15, 0.2) is 0 Å². The third-order valence-electron chi connectivity index (χ3n) is 3.39. The molecule has 19 heavy (non-hydrogen) atoms. The largest absolute Gasteiger partial charge is 0.366 e. The summed E-state index contributed by atoms with van der Waals surface area (Å²) < 4.78 is 0.911. The number of rotatable bonds is 3. The van der Waals surface area contributed by atoms with E-state index in [9.17, 15) is 4.79 Å². The zero-order chi connectivity index (χ0) is 13.2. The number of thiophene rings is 1. The number of nitrogens with zero attached hydrogens (tertiary/aromatic N) is 1. The highest BCUT2D eigenvalue weighted by Crippen LogP contribution is 2.30. The van der Waals surface area contributed by atoms with E-state index in [1.54, 1.807) is 6.20 Å².